The van der Waals surface area contributed by atoms with E-state index in [2.05, 4.69) is 0 Å². The molecule has 1 rings (SSSR count). The molecule has 0 radical (unpaired) electrons. The van der Waals surface area contributed by atoms with Crippen molar-refractivity contribution in [3.05, 3.63) is 33.8 Å². The number of esters is 1. The van der Waals surface area contributed by atoms with Gasteiger partial charge in [0.25, 0.3) is 0 Å². The van der Waals surface area contributed by atoms with Crippen LogP contribution in [0.5, 0.6) is 0 Å². The molecule has 0 N–H and O–H groups in total. The molecule has 1 aromatic rings. The number of benzene rings is 1. The van der Waals surface area contributed by atoms with Crippen LogP contribution in [0.25, 0.3) is 0 Å². The fraction of sp³-hybridized carbons (Fsp3) is 0.364. The lowest BCUT2D eigenvalue weighted by molar-refractivity contribution is 0.0500. The minimum Gasteiger partial charge on any atom is -0.462 e. The Kier molecular flexibility index (Phi) is 4.92. The Labute approximate surface area is 99.1 Å². The predicted molar refractivity (Wildman–Crippen MR) is 61.7 cm³/mol. The first kappa shape index (κ1) is 12.3. The second-order valence-electron chi connectivity index (χ2n) is 3.12. The van der Waals surface area contributed by atoms with Gasteiger partial charge < -0.3 is 4.74 Å². The largest absolute Gasteiger partial charge is 0.462 e. The van der Waals surface area contributed by atoms with Gasteiger partial charge in [-0.3, -0.25) is 0 Å². The number of hydrogen-bond acceptors (Lipinski definition) is 2. The maximum absolute atomic E-state index is 11.5. The average Bonchev–Trinajstić information content (AvgIpc) is 2.22. The summed E-state index contributed by atoms with van der Waals surface area (Å²) < 4.78 is 5.02. The van der Waals surface area contributed by atoms with E-state index in [4.69, 9.17) is 27.9 Å². The molecule has 0 saturated carbocycles. The summed E-state index contributed by atoms with van der Waals surface area (Å²) >= 11 is 11.5. The highest BCUT2D eigenvalue weighted by Crippen LogP contribution is 2.22. The van der Waals surface area contributed by atoms with Crippen LogP contribution in [0.4, 0.5) is 0 Å². The number of hydrogen-bond donors (Lipinski definition) is 0. The Morgan fingerprint density at radius 3 is 2.67 bits per heavy atom. The summed E-state index contributed by atoms with van der Waals surface area (Å²) in [6.07, 6.45) is 1.86. The van der Waals surface area contributed by atoms with Crippen LogP contribution in [0.3, 0.4) is 0 Å². The van der Waals surface area contributed by atoms with Gasteiger partial charge in [-0.05, 0) is 24.6 Å². The molecular formula is C11H12Cl2O2. The third-order valence-electron chi connectivity index (χ3n) is 1.89. The van der Waals surface area contributed by atoms with Gasteiger partial charge in [0, 0.05) is 0 Å². The van der Waals surface area contributed by atoms with E-state index in [1.54, 1.807) is 12.1 Å². The fourth-order valence-electron chi connectivity index (χ4n) is 1.02. The van der Waals surface area contributed by atoms with E-state index in [0.29, 0.717) is 22.2 Å². The molecule has 0 saturated heterocycles. The van der Waals surface area contributed by atoms with Crippen molar-refractivity contribution in [1.82, 2.24) is 0 Å². The normalized spacial score (nSPS) is 10.1. The topological polar surface area (TPSA) is 26.3 Å². The van der Waals surface area contributed by atoms with Crippen molar-refractivity contribution >= 4 is 29.2 Å². The molecule has 0 aliphatic carbocycles. The molecule has 0 heterocycles. The van der Waals surface area contributed by atoms with Crippen molar-refractivity contribution in [2.45, 2.75) is 19.8 Å². The van der Waals surface area contributed by atoms with E-state index in [1.807, 2.05) is 6.92 Å². The number of unbranched alkanes of at least 4 members (excludes halogenated alkanes) is 1. The number of carbonyl (C=O) groups excluding carboxylic acids is 1. The quantitative estimate of drug-likeness (QED) is 0.594. The van der Waals surface area contributed by atoms with Gasteiger partial charge in [-0.15, -0.1) is 0 Å². The van der Waals surface area contributed by atoms with Gasteiger partial charge in [0.15, 0.2) is 0 Å². The van der Waals surface area contributed by atoms with Crippen LogP contribution in [0.15, 0.2) is 18.2 Å². The van der Waals surface area contributed by atoms with Crippen LogP contribution in [0, 0.1) is 0 Å². The summed E-state index contributed by atoms with van der Waals surface area (Å²) in [5.41, 5.74) is 0.431. The first-order chi connectivity index (χ1) is 7.15. The first-order valence-electron chi connectivity index (χ1n) is 4.77. The minimum atomic E-state index is -0.359. The van der Waals surface area contributed by atoms with E-state index in [0.717, 1.165) is 12.8 Å². The van der Waals surface area contributed by atoms with Gasteiger partial charge >= 0.3 is 5.97 Å². The first-order valence-corrected chi connectivity index (χ1v) is 5.53. The second kappa shape index (κ2) is 5.99. The van der Waals surface area contributed by atoms with Gasteiger partial charge in [-0.2, -0.15) is 0 Å². The lowest BCUT2D eigenvalue weighted by Crippen LogP contribution is -2.06. The maximum Gasteiger partial charge on any atom is 0.338 e. The highest BCUT2D eigenvalue weighted by atomic mass is 35.5. The van der Waals surface area contributed by atoms with E-state index >= 15 is 0 Å². The summed E-state index contributed by atoms with van der Waals surface area (Å²) in [7, 11) is 0. The Bertz CT molecular complexity index is 350. The zero-order chi connectivity index (χ0) is 11.3. The van der Waals surface area contributed by atoms with Gasteiger partial charge in [0.2, 0.25) is 0 Å². The number of rotatable bonds is 4. The molecule has 0 spiro atoms. The molecule has 4 heteroatoms. The summed E-state index contributed by atoms with van der Waals surface area (Å²) in [6.45, 7) is 2.47. The standard InChI is InChI=1S/C11H12Cl2O2/c1-2-3-6-15-11(14)8-4-5-9(12)10(13)7-8/h4-5,7H,2-3,6H2,1H3. The SMILES string of the molecule is CCCCOC(=O)c1ccc(Cl)c(Cl)c1. The number of halogens is 2. The molecular weight excluding hydrogens is 235 g/mol. The lowest BCUT2D eigenvalue weighted by atomic mass is 10.2. The molecule has 0 fully saturated rings. The van der Waals surface area contributed by atoms with Gasteiger partial charge in [0.1, 0.15) is 0 Å². The Hall–Kier alpha value is -0.730. The maximum atomic E-state index is 11.5. The molecule has 0 atom stereocenters. The molecule has 0 aromatic heterocycles. The Morgan fingerprint density at radius 2 is 2.07 bits per heavy atom. The smallest absolute Gasteiger partial charge is 0.338 e. The summed E-state index contributed by atoms with van der Waals surface area (Å²) in [5.74, 6) is -0.359. The Morgan fingerprint density at radius 1 is 1.33 bits per heavy atom. The average molecular weight is 247 g/mol. The van der Waals surface area contributed by atoms with Crippen molar-refractivity contribution in [3.8, 4) is 0 Å². The molecule has 82 valence electrons. The molecule has 0 unspecified atom stereocenters. The van der Waals surface area contributed by atoms with Crippen LogP contribution in [-0.2, 0) is 4.74 Å². The van der Waals surface area contributed by atoms with Crippen molar-refractivity contribution in [2.24, 2.45) is 0 Å². The van der Waals surface area contributed by atoms with Gasteiger partial charge in [0.05, 0.1) is 22.2 Å². The summed E-state index contributed by atoms with van der Waals surface area (Å²) in [5, 5.41) is 0.795. The molecule has 0 bridgehead atoms. The molecule has 2 nitrogen and oxygen atoms in total. The highest BCUT2D eigenvalue weighted by Gasteiger charge is 2.08. The summed E-state index contributed by atoms with van der Waals surface area (Å²) in [6, 6.07) is 4.70. The van der Waals surface area contributed by atoms with E-state index in [1.165, 1.54) is 6.07 Å². The molecule has 1 aromatic carbocycles. The van der Waals surface area contributed by atoms with Crippen molar-refractivity contribution < 1.29 is 9.53 Å². The van der Waals surface area contributed by atoms with E-state index in [9.17, 15) is 4.79 Å². The third kappa shape index (κ3) is 3.73. The zero-order valence-corrected chi connectivity index (χ0v) is 9.94. The van der Waals surface area contributed by atoms with Crippen LogP contribution in [-0.4, -0.2) is 12.6 Å². The molecule has 15 heavy (non-hydrogen) atoms. The van der Waals surface area contributed by atoms with Crippen LogP contribution >= 0.6 is 23.2 Å². The minimum absolute atomic E-state index is 0.359. The van der Waals surface area contributed by atoms with Gasteiger partial charge in [-0.1, -0.05) is 36.5 Å². The third-order valence-corrected chi connectivity index (χ3v) is 2.63. The molecule has 0 aliphatic heterocycles. The van der Waals surface area contributed by atoms with Crippen molar-refractivity contribution in [3.63, 3.8) is 0 Å². The molecule has 0 amide bonds. The van der Waals surface area contributed by atoms with Crippen molar-refractivity contribution in [1.29, 1.82) is 0 Å². The fourth-order valence-corrected chi connectivity index (χ4v) is 1.31. The highest BCUT2D eigenvalue weighted by molar-refractivity contribution is 6.42. The summed E-state index contributed by atoms with van der Waals surface area (Å²) in [4.78, 5) is 11.5. The van der Waals surface area contributed by atoms with Gasteiger partial charge in [-0.25, -0.2) is 4.79 Å². The monoisotopic (exact) mass is 246 g/mol. The van der Waals surface area contributed by atoms with Crippen LogP contribution < -0.4 is 0 Å². The molecule has 0 aliphatic rings. The van der Waals surface area contributed by atoms with Crippen LogP contribution in [0.1, 0.15) is 30.1 Å². The number of ether oxygens (including phenoxy) is 1. The predicted octanol–water partition coefficient (Wildman–Crippen LogP) is 3.95. The number of carbonyl (C=O) groups is 1. The zero-order valence-electron chi connectivity index (χ0n) is 8.43. The van der Waals surface area contributed by atoms with Crippen LogP contribution in [0.2, 0.25) is 10.0 Å². The lowest BCUT2D eigenvalue weighted by Gasteiger charge is -2.04. The van der Waals surface area contributed by atoms with E-state index in [-0.39, 0.29) is 5.97 Å². The second-order valence-corrected chi connectivity index (χ2v) is 3.93. The van der Waals surface area contributed by atoms with Crippen molar-refractivity contribution in [2.75, 3.05) is 6.61 Å². The Balaban J connectivity index is 2.62. The van der Waals surface area contributed by atoms with E-state index < -0.39 is 0 Å².